The van der Waals surface area contributed by atoms with Crippen molar-refractivity contribution in [3.63, 3.8) is 0 Å². The van der Waals surface area contributed by atoms with E-state index in [0.29, 0.717) is 6.61 Å². The van der Waals surface area contributed by atoms with Gasteiger partial charge in [0.05, 0.1) is 6.61 Å². The lowest BCUT2D eigenvalue weighted by atomic mass is 10.3. The lowest BCUT2D eigenvalue weighted by Crippen LogP contribution is -2.32. The molecular formula is C6H12NO2-. The van der Waals surface area contributed by atoms with Crippen molar-refractivity contribution in [3.8, 4) is 0 Å². The van der Waals surface area contributed by atoms with E-state index < -0.39 is 6.04 Å². The molecule has 0 amide bonds. The molecule has 3 heteroatoms. The van der Waals surface area contributed by atoms with Crippen LogP contribution in [0.2, 0.25) is 0 Å². The lowest BCUT2D eigenvalue weighted by Gasteiger charge is -2.13. The van der Waals surface area contributed by atoms with Gasteiger partial charge in [-0.25, -0.2) is 0 Å². The fourth-order valence-corrected chi connectivity index (χ4v) is 0.361. The van der Waals surface area contributed by atoms with E-state index in [0.717, 1.165) is 0 Å². The van der Waals surface area contributed by atoms with Crippen molar-refractivity contribution >= 4 is 5.97 Å². The summed E-state index contributed by atoms with van der Waals surface area (Å²) in [4.78, 5) is 10.6. The van der Waals surface area contributed by atoms with Crippen molar-refractivity contribution in [1.29, 1.82) is 0 Å². The minimum Gasteiger partial charge on any atom is -0.467 e. The number of hydrogen-bond donors (Lipinski definition) is 1. The summed E-state index contributed by atoms with van der Waals surface area (Å²) in [5.41, 5.74) is 0. The van der Waals surface area contributed by atoms with Gasteiger partial charge in [0.2, 0.25) is 0 Å². The summed E-state index contributed by atoms with van der Waals surface area (Å²) >= 11 is 0. The highest BCUT2D eigenvalue weighted by Gasteiger charge is 2.02. The van der Waals surface area contributed by atoms with E-state index >= 15 is 0 Å². The fourth-order valence-electron chi connectivity index (χ4n) is 0.361. The molecular weight excluding hydrogens is 118 g/mol. The van der Waals surface area contributed by atoms with E-state index in [2.05, 4.69) is 17.0 Å². The summed E-state index contributed by atoms with van der Waals surface area (Å²) in [5, 5.41) is 2.66. The molecule has 3 nitrogen and oxygen atoms in total. The molecule has 0 heterocycles. The van der Waals surface area contributed by atoms with Crippen LogP contribution >= 0.6 is 0 Å². The van der Waals surface area contributed by atoms with Crippen LogP contribution in [-0.4, -0.2) is 25.7 Å². The molecule has 9 heavy (non-hydrogen) atoms. The number of carbonyl (C=O) groups is 1. The molecule has 0 spiro atoms. The second-order valence-electron chi connectivity index (χ2n) is 1.59. The van der Waals surface area contributed by atoms with Gasteiger partial charge in [-0.05, 0) is 20.0 Å². The number of nitrogens with one attached hydrogen (secondary N) is 1. The van der Waals surface area contributed by atoms with Crippen LogP contribution in [0, 0.1) is 6.92 Å². The number of hydrogen-bond acceptors (Lipinski definition) is 3. The minimum atomic E-state index is -0.440. The normalized spacial score (nSPS) is 12.8. The zero-order chi connectivity index (χ0) is 7.28. The van der Waals surface area contributed by atoms with Gasteiger partial charge in [-0.2, -0.15) is 0 Å². The molecule has 0 aliphatic heterocycles. The topological polar surface area (TPSA) is 38.3 Å². The van der Waals surface area contributed by atoms with Crippen molar-refractivity contribution in [1.82, 2.24) is 5.32 Å². The third-order valence-corrected chi connectivity index (χ3v) is 0.920. The Bertz CT molecular complexity index is 93.1. The summed E-state index contributed by atoms with van der Waals surface area (Å²) in [5.74, 6) is -0.306. The molecule has 1 unspecified atom stereocenters. The van der Waals surface area contributed by atoms with Gasteiger partial charge in [-0.15, -0.1) is 0 Å². The fraction of sp³-hybridized carbons (Fsp3) is 0.667. The van der Waals surface area contributed by atoms with Crippen LogP contribution in [0.1, 0.15) is 6.92 Å². The highest BCUT2D eigenvalue weighted by atomic mass is 16.5. The van der Waals surface area contributed by atoms with E-state index in [1.807, 2.05) is 0 Å². The molecule has 1 N–H and O–H groups in total. The first kappa shape index (κ1) is 8.43. The second-order valence-corrected chi connectivity index (χ2v) is 1.59. The SMILES string of the molecule is [CH2-]C(NC)C(=O)OCC. The Balaban J connectivity index is 3.46. The number of ether oxygens (including phenoxy) is 1. The Labute approximate surface area is 55.4 Å². The lowest BCUT2D eigenvalue weighted by molar-refractivity contribution is -0.144. The quantitative estimate of drug-likeness (QED) is 0.430. The summed E-state index contributed by atoms with van der Waals surface area (Å²) < 4.78 is 4.63. The van der Waals surface area contributed by atoms with E-state index in [1.165, 1.54) is 0 Å². The Morgan fingerprint density at radius 3 is 2.78 bits per heavy atom. The summed E-state index contributed by atoms with van der Waals surface area (Å²) in [7, 11) is 1.66. The standard InChI is InChI=1S/C6H12NO2/c1-4-9-6(8)5(2)7-3/h5,7H,2,4H2,1,3H3/q-1. The Hall–Kier alpha value is -0.570. The summed E-state index contributed by atoms with van der Waals surface area (Å²) in [6, 6.07) is -0.440. The van der Waals surface area contributed by atoms with Gasteiger partial charge < -0.3 is 17.0 Å². The van der Waals surface area contributed by atoms with Crippen LogP contribution in [-0.2, 0) is 9.53 Å². The van der Waals surface area contributed by atoms with Crippen molar-refractivity contribution in [2.75, 3.05) is 13.7 Å². The van der Waals surface area contributed by atoms with E-state index in [-0.39, 0.29) is 5.97 Å². The molecule has 0 aliphatic rings. The van der Waals surface area contributed by atoms with Gasteiger partial charge in [0.15, 0.2) is 0 Å². The van der Waals surface area contributed by atoms with Gasteiger partial charge in [-0.1, -0.05) is 0 Å². The van der Waals surface area contributed by atoms with Crippen molar-refractivity contribution in [2.24, 2.45) is 0 Å². The minimum absolute atomic E-state index is 0.306. The Morgan fingerprint density at radius 2 is 2.44 bits per heavy atom. The number of likely N-dealkylation sites (N-methyl/N-ethyl adjacent to an activating group) is 1. The van der Waals surface area contributed by atoms with Gasteiger partial charge in [0, 0.05) is 0 Å². The maximum Gasteiger partial charge on any atom is 0.291 e. The van der Waals surface area contributed by atoms with Gasteiger partial charge >= 0.3 is 0 Å². The van der Waals surface area contributed by atoms with Crippen LogP contribution in [0.4, 0.5) is 0 Å². The smallest absolute Gasteiger partial charge is 0.291 e. The number of carbonyl (C=O) groups excluding carboxylic acids is 1. The maximum atomic E-state index is 10.6. The molecule has 0 saturated heterocycles. The second kappa shape index (κ2) is 4.32. The number of rotatable bonds is 3. The molecule has 0 fully saturated rings. The van der Waals surface area contributed by atoms with Crippen LogP contribution in [0.3, 0.4) is 0 Å². The van der Waals surface area contributed by atoms with Crippen LogP contribution in [0.5, 0.6) is 0 Å². The molecule has 0 bridgehead atoms. The highest BCUT2D eigenvalue weighted by Crippen LogP contribution is 1.83. The van der Waals surface area contributed by atoms with Crippen LogP contribution < -0.4 is 5.32 Å². The van der Waals surface area contributed by atoms with Crippen molar-refractivity contribution in [2.45, 2.75) is 13.0 Å². The number of esters is 1. The molecule has 54 valence electrons. The van der Waals surface area contributed by atoms with Crippen molar-refractivity contribution in [3.05, 3.63) is 6.92 Å². The third kappa shape index (κ3) is 3.08. The zero-order valence-electron chi connectivity index (χ0n) is 5.81. The first-order valence-corrected chi connectivity index (χ1v) is 2.89. The largest absolute Gasteiger partial charge is 0.467 e. The molecule has 0 saturated carbocycles. The third-order valence-electron chi connectivity index (χ3n) is 0.920. The van der Waals surface area contributed by atoms with E-state index in [9.17, 15) is 4.79 Å². The van der Waals surface area contributed by atoms with Gasteiger partial charge in [-0.3, -0.25) is 4.79 Å². The molecule has 0 rings (SSSR count). The average molecular weight is 130 g/mol. The predicted molar refractivity (Wildman–Crippen MR) is 34.8 cm³/mol. The maximum absolute atomic E-state index is 10.6. The first-order chi connectivity index (χ1) is 4.22. The first-order valence-electron chi connectivity index (χ1n) is 2.89. The molecule has 0 aliphatic carbocycles. The van der Waals surface area contributed by atoms with E-state index in [1.54, 1.807) is 14.0 Å². The molecule has 0 radical (unpaired) electrons. The van der Waals surface area contributed by atoms with Crippen LogP contribution in [0.15, 0.2) is 0 Å². The molecule has 0 aromatic carbocycles. The average Bonchev–Trinajstić information content (AvgIpc) is 1.87. The van der Waals surface area contributed by atoms with Gasteiger partial charge in [0.1, 0.15) is 0 Å². The molecule has 0 aromatic rings. The molecule has 1 atom stereocenters. The summed E-state index contributed by atoms with van der Waals surface area (Å²) in [6.07, 6.45) is 0. The monoisotopic (exact) mass is 130 g/mol. The predicted octanol–water partition coefficient (Wildman–Crippen LogP) is -0.0284. The zero-order valence-corrected chi connectivity index (χ0v) is 5.81. The van der Waals surface area contributed by atoms with Crippen molar-refractivity contribution < 1.29 is 9.53 Å². The Morgan fingerprint density at radius 1 is 1.89 bits per heavy atom. The summed E-state index contributed by atoms with van der Waals surface area (Å²) in [6.45, 7) is 5.66. The van der Waals surface area contributed by atoms with E-state index in [4.69, 9.17) is 0 Å². The highest BCUT2D eigenvalue weighted by molar-refractivity contribution is 5.76. The van der Waals surface area contributed by atoms with Crippen LogP contribution in [0.25, 0.3) is 0 Å². The molecule has 0 aromatic heterocycles. The van der Waals surface area contributed by atoms with Gasteiger partial charge in [0.25, 0.3) is 5.97 Å². The Kier molecular flexibility index (Phi) is 4.05.